The molecule has 1 aromatic rings. The fourth-order valence-electron chi connectivity index (χ4n) is 3.93. The molecule has 1 atom stereocenters. The minimum Gasteiger partial charge on any atom is -0.449 e. The van der Waals surface area contributed by atoms with E-state index in [1.807, 2.05) is 4.90 Å². The number of carbonyl (C=O) groups is 2. The van der Waals surface area contributed by atoms with Crippen molar-refractivity contribution in [3.8, 4) is 0 Å². The molecule has 0 aromatic heterocycles. The molecule has 9 nitrogen and oxygen atoms in total. The highest BCUT2D eigenvalue weighted by atomic mass is 16.6. The number of ether oxygens (including phenoxy) is 2. The van der Waals surface area contributed by atoms with Gasteiger partial charge in [-0.25, -0.2) is 4.79 Å². The van der Waals surface area contributed by atoms with E-state index in [-0.39, 0.29) is 17.2 Å². The lowest BCUT2D eigenvalue weighted by Crippen LogP contribution is -2.38. The summed E-state index contributed by atoms with van der Waals surface area (Å²) < 4.78 is 10.5. The molecule has 1 amide bonds. The van der Waals surface area contributed by atoms with Gasteiger partial charge in [0.25, 0.3) is 11.6 Å². The van der Waals surface area contributed by atoms with E-state index in [0.29, 0.717) is 44.5 Å². The van der Waals surface area contributed by atoms with E-state index in [9.17, 15) is 19.7 Å². The second-order valence-electron chi connectivity index (χ2n) is 7.86. The Bertz CT molecular complexity index is 772. The van der Waals surface area contributed by atoms with Crippen molar-refractivity contribution in [2.75, 3.05) is 37.7 Å². The minimum absolute atomic E-state index is 0.0469. The lowest BCUT2D eigenvalue weighted by Gasteiger charge is -2.28. The van der Waals surface area contributed by atoms with Gasteiger partial charge in [0.15, 0.2) is 6.10 Å². The molecule has 1 heterocycles. The first-order chi connectivity index (χ1) is 14.5. The lowest BCUT2D eigenvalue weighted by atomic mass is 9.89. The van der Waals surface area contributed by atoms with Crippen molar-refractivity contribution in [1.29, 1.82) is 0 Å². The van der Waals surface area contributed by atoms with Gasteiger partial charge in [0.1, 0.15) is 5.69 Å². The van der Waals surface area contributed by atoms with Gasteiger partial charge < -0.3 is 19.7 Å². The molecule has 9 heteroatoms. The summed E-state index contributed by atoms with van der Waals surface area (Å²) in [6.45, 7) is 4.17. The van der Waals surface area contributed by atoms with Crippen molar-refractivity contribution < 1.29 is 24.0 Å². The van der Waals surface area contributed by atoms with Gasteiger partial charge in [-0.05, 0) is 37.8 Å². The number of nitrogens with one attached hydrogen (secondary N) is 1. The van der Waals surface area contributed by atoms with E-state index in [4.69, 9.17) is 9.47 Å². The second-order valence-corrected chi connectivity index (χ2v) is 7.86. The molecular formula is C21H29N3O6. The van der Waals surface area contributed by atoms with Crippen molar-refractivity contribution in [2.24, 2.45) is 5.92 Å². The second kappa shape index (κ2) is 10.4. The van der Waals surface area contributed by atoms with Gasteiger partial charge in [0.05, 0.1) is 23.7 Å². The topological polar surface area (TPSA) is 111 Å². The van der Waals surface area contributed by atoms with E-state index in [1.165, 1.54) is 38.3 Å². The molecule has 3 rings (SSSR count). The van der Waals surface area contributed by atoms with Gasteiger partial charge in [-0.3, -0.25) is 14.9 Å². The van der Waals surface area contributed by atoms with Crippen molar-refractivity contribution in [2.45, 2.75) is 45.1 Å². The highest BCUT2D eigenvalue weighted by molar-refractivity contribution is 5.93. The number of morpholine rings is 1. The molecule has 30 heavy (non-hydrogen) atoms. The van der Waals surface area contributed by atoms with Crippen LogP contribution in [0.4, 0.5) is 11.4 Å². The Morgan fingerprint density at radius 1 is 1.27 bits per heavy atom. The maximum atomic E-state index is 12.5. The normalized spacial score (nSPS) is 18.5. The molecule has 164 valence electrons. The first-order valence-electron chi connectivity index (χ1n) is 10.6. The Morgan fingerprint density at radius 3 is 2.63 bits per heavy atom. The molecule has 2 fully saturated rings. The van der Waals surface area contributed by atoms with E-state index >= 15 is 0 Å². The largest absolute Gasteiger partial charge is 0.449 e. The molecule has 0 spiro atoms. The monoisotopic (exact) mass is 419 g/mol. The molecule has 1 aliphatic heterocycles. The first-order valence-corrected chi connectivity index (χ1v) is 10.6. The molecule has 1 aromatic carbocycles. The molecule has 0 radical (unpaired) electrons. The smallest absolute Gasteiger partial charge is 0.339 e. The molecular weight excluding hydrogens is 390 g/mol. The van der Waals surface area contributed by atoms with Crippen LogP contribution in [-0.2, 0) is 14.3 Å². The van der Waals surface area contributed by atoms with Gasteiger partial charge in [-0.15, -0.1) is 0 Å². The fourth-order valence-corrected chi connectivity index (χ4v) is 3.93. The van der Waals surface area contributed by atoms with Gasteiger partial charge in [0, 0.05) is 25.7 Å². The number of esters is 1. The Hall–Kier alpha value is -2.68. The first kappa shape index (κ1) is 22.0. The quantitative estimate of drug-likeness (QED) is 0.411. The molecule has 0 bridgehead atoms. The third-order valence-electron chi connectivity index (χ3n) is 5.70. The third kappa shape index (κ3) is 5.69. The number of nitro benzene ring substituents is 1. The Labute approximate surface area is 175 Å². The van der Waals surface area contributed by atoms with Crippen LogP contribution >= 0.6 is 0 Å². The maximum absolute atomic E-state index is 12.5. The third-order valence-corrected chi connectivity index (χ3v) is 5.70. The van der Waals surface area contributed by atoms with Crippen LogP contribution < -0.4 is 10.2 Å². The highest BCUT2D eigenvalue weighted by Gasteiger charge is 2.26. The van der Waals surface area contributed by atoms with Crippen molar-refractivity contribution in [1.82, 2.24) is 5.32 Å². The zero-order chi connectivity index (χ0) is 21.5. The summed E-state index contributed by atoms with van der Waals surface area (Å²) in [5.41, 5.74) is 0.324. The number of hydrogen-bond donors (Lipinski definition) is 1. The van der Waals surface area contributed by atoms with Crippen LogP contribution in [0.15, 0.2) is 18.2 Å². The van der Waals surface area contributed by atoms with Crippen LogP contribution in [0, 0.1) is 16.0 Å². The lowest BCUT2D eigenvalue weighted by molar-refractivity contribution is -0.384. The summed E-state index contributed by atoms with van der Waals surface area (Å²) in [5, 5.41) is 14.4. The number of amides is 1. The summed E-state index contributed by atoms with van der Waals surface area (Å²) in [4.78, 5) is 37.6. The number of nitrogens with zero attached hydrogens (tertiary/aromatic N) is 2. The van der Waals surface area contributed by atoms with Gasteiger partial charge >= 0.3 is 5.97 Å². The Morgan fingerprint density at radius 2 is 1.97 bits per heavy atom. The predicted molar refractivity (Wildman–Crippen MR) is 111 cm³/mol. The van der Waals surface area contributed by atoms with E-state index < -0.39 is 17.0 Å². The van der Waals surface area contributed by atoms with Crippen LogP contribution in [-0.4, -0.2) is 55.8 Å². The van der Waals surface area contributed by atoms with E-state index in [0.717, 1.165) is 12.8 Å². The van der Waals surface area contributed by atoms with Crippen LogP contribution in [0.1, 0.15) is 49.4 Å². The number of benzene rings is 1. The predicted octanol–water partition coefficient (Wildman–Crippen LogP) is 2.67. The fraction of sp³-hybridized carbons (Fsp3) is 0.619. The molecule has 1 saturated carbocycles. The van der Waals surface area contributed by atoms with Crippen LogP contribution in [0.5, 0.6) is 0 Å². The van der Waals surface area contributed by atoms with Gasteiger partial charge in [-0.1, -0.05) is 19.3 Å². The highest BCUT2D eigenvalue weighted by Crippen LogP contribution is 2.30. The Kier molecular flexibility index (Phi) is 7.62. The van der Waals surface area contributed by atoms with Gasteiger partial charge in [-0.2, -0.15) is 0 Å². The van der Waals surface area contributed by atoms with Crippen molar-refractivity contribution in [3.63, 3.8) is 0 Å². The van der Waals surface area contributed by atoms with Gasteiger partial charge in [0.2, 0.25) is 0 Å². The summed E-state index contributed by atoms with van der Waals surface area (Å²) >= 11 is 0. The molecule has 2 aliphatic rings. The Balaban J connectivity index is 1.60. The summed E-state index contributed by atoms with van der Waals surface area (Å²) in [5.74, 6) is -0.638. The summed E-state index contributed by atoms with van der Waals surface area (Å²) in [6, 6.07) is 4.25. The van der Waals surface area contributed by atoms with E-state index in [2.05, 4.69) is 5.32 Å². The average Bonchev–Trinajstić information content (AvgIpc) is 2.78. The molecule has 1 N–H and O–H groups in total. The number of nitro groups is 1. The minimum atomic E-state index is -0.973. The number of rotatable bonds is 7. The van der Waals surface area contributed by atoms with Crippen molar-refractivity contribution in [3.05, 3.63) is 33.9 Å². The maximum Gasteiger partial charge on any atom is 0.339 e. The molecule has 1 saturated heterocycles. The van der Waals surface area contributed by atoms with Crippen molar-refractivity contribution >= 4 is 23.3 Å². The van der Waals surface area contributed by atoms with Crippen LogP contribution in [0.3, 0.4) is 0 Å². The van der Waals surface area contributed by atoms with Crippen LogP contribution in [0.2, 0.25) is 0 Å². The zero-order valence-corrected chi connectivity index (χ0v) is 17.3. The molecule has 0 unspecified atom stereocenters. The number of carbonyl (C=O) groups excluding carboxylic acids is 2. The SMILES string of the molecule is C[C@@H](OC(=O)c1ccc(N2CCOCC2)c([N+](=O)[O-])c1)C(=O)NCC1CCCCC1. The summed E-state index contributed by atoms with van der Waals surface area (Å²) in [7, 11) is 0. The summed E-state index contributed by atoms with van der Waals surface area (Å²) in [6.07, 6.45) is 4.85. The number of anilines is 1. The average molecular weight is 419 g/mol. The van der Waals surface area contributed by atoms with Crippen LogP contribution in [0.25, 0.3) is 0 Å². The standard InChI is InChI=1S/C21H29N3O6/c1-15(20(25)22-14-16-5-3-2-4-6-16)30-21(26)17-7-8-18(19(13-17)24(27)28)23-9-11-29-12-10-23/h7-8,13,15-16H,2-6,9-12,14H2,1H3,(H,22,25)/t15-/m1/s1. The zero-order valence-electron chi connectivity index (χ0n) is 17.3. The number of hydrogen-bond acceptors (Lipinski definition) is 7. The van der Waals surface area contributed by atoms with E-state index in [1.54, 1.807) is 6.07 Å². The molecule has 1 aliphatic carbocycles.